The number of piperidine rings is 1. The summed E-state index contributed by atoms with van der Waals surface area (Å²) in [5.74, 6) is 0.543. The first-order valence-electron chi connectivity index (χ1n) is 12.1. The van der Waals surface area contributed by atoms with E-state index in [0.717, 1.165) is 31.8 Å². The van der Waals surface area contributed by atoms with Gasteiger partial charge in [0.15, 0.2) is 5.67 Å². The molecule has 4 nitrogen and oxygen atoms in total. The average Bonchev–Trinajstić information content (AvgIpc) is 2.77. The van der Waals surface area contributed by atoms with Crippen LogP contribution in [0.4, 0.5) is 8.78 Å². The Hall–Kier alpha value is -2.34. The molecule has 2 aromatic rings. The van der Waals surface area contributed by atoms with Crippen molar-refractivity contribution in [3.05, 3.63) is 57.9 Å². The Morgan fingerprint density at radius 3 is 2.67 bits per heavy atom. The predicted octanol–water partition coefficient (Wildman–Crippen LogP) is 6.01. The molecular weight excluding hydrogens is 420 g/mol. The maximum absolute atomic E-state index is 14.2. The fourth-order valence-corrected chi connectivity index (χ4v) is 4.95. The highest BCUT2D eigenvalue weighted by atomic mass is 19.2. The zero-order valence-corrected chi connectivity index (χ0v) is 20.4. The molecule has 1 aromatic heterocycles. The van der Waals surface area contributed by atoms with Crippen molar-refractivity contribution in [2.75, 3.05) is 13.1 Å². The summed E-state index contributed by atoms with van der Waals surface area (Å²) in [5, 5.41) is 0.525. The molecule has 2 heterocycles. The smallest absolute Gasteiger partial charge is 0.261 e. The molecule has 1 aliphatic carbocycles. The summed E-state index contributed by atoms with van der Waals surface area (Å²) in [4.78, 5) is 21.0. The molecule has 1 aliphatic heterocycles. The van der Waals surface area contributed by atoms with E-state index < -0.39 is 11.5 Å². The number of aromatic nitrogens is 2. The summed E-state index contributed by atoms with van der Waals surface area (Å²) in [6.45, 7) is 12.6. The minimum atomic E-state index is -1.97. The number of hydrogen-bond donors (Lipinski definition) is 0. The number of rotatable bonds is 5. The maximum Gasteiger partial charge on any atom is 0.261 e. The first-order chi connectivity index (χ1) is 15.6. The molecule has 1 saturated heterocycles. The van der Waals surface area contributed by atoms with Gasteiger partial charge in [0.05, 0.1) is 10.9 Å². The molecule has 1 fully saturated rings. The molecule has 2 aliphatic rings. The Morgan fingerprint density at radius 2 is 2.00 bits per heavy atom. The van der Waals surface area contributed by atoms with Crippen LogP contribution in [0.2, 0.25) is 0 Å². The van der Waals surface area contributed by atoms with Crippen LogP contribution in [-0.2, 0) is 6.54 Å². The number of likely N-dealkylation sites (tertiary alicyclic amines) is 1. The van der Waals surface area contributed by atoms with Gasteiger partial charge in [0.2, 0.25) is 0 Å². The third kappa shape index (κ3) is 4.81. The molecule has 0 bridgehead atoms. The standard InChI is InChI=1S/C27H35F2N3O/c1-17(2)25-30-23-9-8-20(21-10-11-27(5,29)24(28)14-21)13-22(23)26(33)32(25)16-19-7-6-12-31(15-19)18(3)4/h8-10,13-14,17-19H,6-7,11-12,15-16H2,1-5H3/t19-,27?/m0/s1. The van der Waals surface area contributed by atoms with E-state index in [9.17, 15) is 13.6 Å². The third-order valence-electron chi connectivity index (χ3n) is 7.04. The molecule has 178 valence electrons. The Balaban J connectivity index is 1.74. The molecule has 4 rings (SSSR count). The molecule has 2 atom stereocenters. The molecule has 0 amide bonds. The minimum Gasteiger partial charge on any atom is -0.301 e. The number of alkyl halides is 1. The summed E-state index contributed by atoms with van der Waals surface area (Å²) < 4.78 is 30.3. The van der Waals surface area contributed by atoms with Gasteiger partial charge in [0.1, 0.15) is 11.7 Å². The molecule has 0 saturated carbocycles. The first kappa shape index (κ1) is 23.8. The highest BCUT2D eigenvalue weighted by molar-refractivity contribution is 5.85. The molecule has 6 heteroatoms. The van der Waals surface area contributed by atoms with Gasteiger partial charge in [-0.25, -0.2) is 13.8 Å². The zero-order chi connectivity index (χ0) is 23.9. The Morgan fingerprint density at radius 1 is 1.24 bits per heavy atom. The molecule has 1 unspecified atom stereocenters. The van der Waals surface area contributed by atoms with Crippen LogP contribution in [-0.4, -0.2) is 39.3 Å². The van der Waals surface area contributed by atoms with E-state index in [4.69, 9.17) is 4.98 Å². The third-order valence-corrected chi connectivity index (χ3v) is 7.04. The summed E-state index contributed by atoms with van der Waals surface area (Å²) in [7, 11) is 0. The van der Waals surface area contributed by atoms with Crippen LogP contribution in [0.15, 0.2) is 41.0 Å². The van der Waals surface area contributed by atoms with Crippen LogP contribution in [0, 0.1) is 5.92 Å². The number of nitrogens with zero attached hydrogens (tertiary/aromatic N) is 3. The first-order valence-corrected chi connectivity index (χ1v) is 12.1. The predicted molar refractivity (Wildman–Crippen MR) is 131 cm³/mol. The van der Waals surface area contributed by atoms with Gasteiger partial charge >= 0.3 is 0 Å². The van der Waals surface area contributed by atoms with Crippen LogP contribution in [0.5, 0.6) is 0 Å². The second-order valence-corrected chi connectivity index (χ2v) is 10.4. The van der Waals surface area contributed by atoms with Crippen molar-refractivity contribution in [1.82, 2.24) is 14.5 Å². The molecule has 0 spiro atoms. The van der Waals surface area contributed by atoms with Crippen LogP contribution in [0.25, 0.3) is 16.5 Å². The summed E-state index contributed by atoms with van der Waals surface area (Å²) >= 11 is 0. The molecular formula is C27H35F2N3O. The maximum atomic E-state index is 14.2. The Labute approximate surface area is 195 Å². The quantitative estimate of drug-likeness (QED) is 0.554. The second-order valence-electron chi connectivity index (χ2n) is 10.4. The molecule has 1 aromatic carbocycles. The van der Waals surface area contributed by atoms with Crippen LogP contribution < -0.4 is 5.56 Å². The molecule has 0 N–H and O–H groups in total. The van der Waals surface area contributed by atoms with E-state index >= 15 is 0 Å². The van der Waals surface area contributed by atoms with E-state index in [0.29, 0.717) is 40.5 Å². The van der Waals surface area contributed by atoms with E-state index in [2.05, 4.69) is 32.6 Å². The van der Waals surface area contributed by atoms with Crippen molar-refractivity contribution in [3.63, 3.8) is 0 Å². The highest BCUT2D eigenvalue weighted by Crippen LogP contribution is 2.36. The average molecular weight is 456 g/mol. The number of hydrogen-bond acceptors (Lipinski definition) is 3. The Kier molecular flexibility index (Phi) is 6.59. The number of benzene rings is 1. The van der Waals surface area contributed by atoms with Crippen LogP contribution >= 0.6 is 0 Å². The van der Waals surface area contributed by atoms with Gasteiger partial charge in [-0.05, 0) is 75.4 Å². The largest absolute Gasteiger partial charge is 0.301 e. The highest BCUT2D eigenvalue weighted by Gasteiger charge is 2.31. The van der Waals surface area contributed by atoms with E-state index in [1.165, 1.54) is 13.0 Å². The number of allylic oxidation sites excluding steroid dienone is 4. The fraction of sp³-hybridized carbons (Fsp3) is 0.556. The zero-order valence-electron chi connectivity index (χ0n) is 20.4. The Bertz CT molecular complexity index is 1160. The summed E-state index contributed by atoms with van der Waals surface area (Å²) in [6.07, 6.45) is 5.15. The van der Waals surface area contributed by atoms with Crippen LogP contribution in [0.1, 0.15) is 71.2 Å². The van der Waals surface area contributed by atoms with E-state index in [1.54, 1.807) is 12.1 Å². The lowest BCUT2D eigenvalue weighted by Crippen LogP contribution is -2.42. The lowest BCUT2D eigenvalue weighted by molar-refractivity contribution is 0.129. The van der Waals surface area contributed by atoms with Crippen molar-refractivity contribution < 1.29 is 8.78 Å². The van der Waals surface area contributed by atoms with E-state index in [1.807, 2.05) is 16.7 Å². The SMILES string of the molecule is CC(C)c1nc2ccc(C3=CCC(C)(F)C(F)=C3)cc2c(=O)n1C[C@H]1CCCN(C(C)C)C1. The lowest BCUT2D eigenvalue weighted by Gasteiger charge is -2.36. The number of halogens is 2. The van der Waals surface area contributed by atoms with Gasteiger partial charge < -0.3 is 4.90 Å². The van der Waals surface area contributed by atoms with Gasteiger partial charge in [-0.1, -0.05) is 26.0 Å². The topological polar surface area (TPSA) is 38.1 Å². The second kappa shape index (κ2) is 9.13. The van der Waals surface area contributed by atoms with Gasteiger partial charge in [-0.15, -0.1) is 0 Å². The summed E-state index contributed by atoms with van der Waals surface area (Å²) in [6, 6.07) is 5.93. The number of fused-ring (bicyclic) bond motifs is 1. The molecule has 0 radical (unpaired) electrons. The van der Waals surface area contributed by atoms with Gasteiger partial charge in [0.25, 0.3) is 5.56 Å². The van der Waals surface area contributed by atoms with Gasteiger partial charge in [0, 0.05) is 31.5 Å². The summed E-state index contributed by atoms with van der Waals surface area (Å²) in [5.41, 5.74) is -0.0662. The van der Waals surface area contributed by atoms with Crippen molar-refractivity contribution in [2.45, 2.75) is 78.1 Å². The normalized spacial score (nSPS) is 24.5. The molecule has 33 heavy (non-hydrogen) atoms. The van der Waals surface area contributed by atoms with Crippen LogP contribution in [0.3, 0.4) is 0 Å². The van der Waals surface area contributed by atoms with E-state index in [-0.39, 0.29) is 17.9 Å². The van der Waals surface area contributed by atoms with Crippen molar-refractivity contribution >= 4 is 16.5 Å². The minimum absolute atomic E-state index is 0.0223. The monoisotopic (exact) mass is 455 g/mol. The van der Waals surface area contributed by atoms with Gasteiger partial charge in [-0.3, -0.25) is 9.36 Å². The van der Waals surface area contributed by atoms with Gasteiger partial charge in [-0.2, -0.15) is 0 Å². The van der Waals surface area contributed by atoms with Crippen molar-refractivity contribution in [3.8, 4) is 0 Å². The van der Waals surface area contributed by atoms with Crippen molar-refractivity contribution in [2.24, 2.45) is 5.92 Å². The fourth-order valence-electron chi connectivity index (χ4n) is 4.95. The van der Waals surface area contributed by atoms with Crippen molar-refractivity contribution in [1.29, 1.82) is 0 Å². The lowest BCUT2D eigenvalue weighted by atomic mass is 9.90.